The first kappa shape index (κ1) is 20.0. The summed E-state index contributed by atoms with van der Waals surface area (Å²) in [7, 11) is 0. The lowest BCUT2D eigenvalue weighted by Gasteiger charge is -2.46. The predicted molar refractivity (Wildman–Crippen MR) is 107 cm³/mol. The maximum absolute atomic E-state index is 13.6. The van der Waals surface area contributed by atoms with E-state index in [1.165, 1.54) is 0 Å². The van der Waals surface area contributed by atoms with Gasteiger partial charge in [0.25, 0.3) is 0 Å². The van der Waals surface area contributed by atoms with Crippen molar-refractivity contribution in [2.24, 2.45) is 0 Å². The molecule has 0 unspecified atom stereocenters. The lowest BCUT2D eigenvalue weighted by molar-refractivity contribution is -0.153. The monoisotopic (exact) mass is 401 g/mol. The van der Waals surface area contributed by atoms with Crippen molar-refractivity contribution in [1.82, 2.24) is 15.5 Å². The largest absolute Gasteiger partial charge is 0.467 e. The van der Waals surface area contributed by atoms with Crippen LogP contribution in [0.15, 0.2) is 22.8 Å². The van der Waals surface area contributed by atoms with Gasteiger partial charge in [0.15, 0.2) is 0 Å². The molecule has 3 fully saturated rings. The van der Waals surface area contributed by atoms with Crippen LogP contribution in [-0.4, -0.2) is 40.2 Å². The maximum Gasteiger partial charge on any atom is 0.246 e. The summed E-state index contributed by atoms with van der Waals surface area (Å²) in [4.78, 5) is 40.6. The smallest absolute Gasteiger partial charge is 0.246 e. The normalized spacial score (nSPS) is 24.3. The predicted octanol–water partition coefficient (Wildman–Crippen LogP) is 2.65. The van der Waals surface area contributed by atoms with Crippen molar-refractivity contribution < 1.29 is 18.8 Å². The minimum Gasteiger partial charge on any atom is -0.467 e. The number of carbonyl (C=O) groups is 3. The third-order valence-electron chi connectivity index (χ3n) is 6.76. The zero-order chi connectivity index (χ0) is 20.3. The number of amides is 3. The van der Waals surface area contributed by atoms with Crippen LogP contribution < -0.4 is 10.6 Å². The Morgan fingerprint density at radius 2 is 1.90 bits per heavy atom. The molecular formula is C22H31N3O4. The highest BCUT2D eigenvalue weighted by Crippen LogP contribution is 2.37. The molecule has 2 saturated carbocycles. The molecule has 29 heavy (non-hydrogen) atoms. The van der Waals surface area contributed by atoms with E-state index in [2.05, 4.69) is 10.6 Å². The molecule has 1 atom stereocenters. The Balaban J connectivity index is 1.64. The Labute approximate surface area is 171 Å². The number of furan rings is 1. The highest BCUT2D eigenvalue weighted by molar-refractivity contribution is 5.96. The Kier molecular flexibility index (Phi) is 5.92. The second-order valence-electron chi connectivity index (χ2n) is 8.71. The van der Waals surface area contributed by atoms with Crippen molar-refractivity contribution in [2.45, 2.75) is 94.8 Å². The van der Waals surface area contributed by atoms with Crippen molar-refractivity contribution in [3.8, 4) is 0 Å². The molecule has 4 rings (SSSR count). The van der Waals surface area contributed by atoms with Gasteiger partial charge in [0.1, 0.15) is 17.3 Å². The summed E-state index contributed by atoms with van der Waals surface area (Å²) in [5.41, 5.74) is -0.877. The van der Waals surface area contributed by atoms with E-state index >= 15 is 0 Å². The summed E-state index contributed by atoms with van der Waals surface area (Å²) < 4.78 is 5.53. The minimum absolute atomic E-state index is 0.0340. The van der Waals surface area contributed by atoms with Gasteiger partial charge in [-0.25, -0.2) is 0 Å². The van der Waals surface area contributed by atoms with E-state index in [9.17, 15) is 14.4 Å². The fourth-order valence-electron chi connectivity index (χ4n) is 5.13. The lowest BCUT2D eigenvalue weighted by Crippen LogP contribution is -2.64. The Morgan fingerprint density at radius 1 is 1.14 bits per heavy atom. The molecule has 2 N–H and O–H groups in total. The van der Waals surface area contributed by atoms with E-state index in [-0.39, 0.29) is 30.3 Å². The Morgan fingerprint density at radius 3 is 2.52 bits per heavy atom. The van der Waals surface area contributed by atoms with E-state index in [0.717, 1.165) is 44.9 Å². The van der Waals surface area contributed by atoms with Gasteiger partial charge in [-0.15, -0.1) is 0 Å². The Bertz CT molecular complexity index is 733. The number of nitrogens with one attached hydrogen (secondary N) is 2. The molecule has 1 aromatic rings. The van der Waals surface area contributed by atoms with Crippen molar-refractivity contribution in [2.75, 3.05) is 0 Å². The van der Waals surface area contributed by atoms with Gasteiger partial charge in [-0.1, -0.05) is 32.1 Å². The minimum atomic E-state index is -0.877. The van der Waals surface area contributed by atoms with E-state index in [4.69, 9.17) is 4.42 Å². The molecule has 7 nitrogen and oxygen atoms in total. The number of hydrogen-bond donors (Lipinski definition) is 2. The molecule has 1 saturated heterocycles. The quantitative estimate of drug-likeness (QED) is 0.767. The summed E-state index contributed by atoms with van der Waals surface area (Å²) in [6.07, 6.45) is 10.9. The van der Waals surface area contributed by atoms with Crippen LogP contribution in [0.25, 0.3) is 0 Å². The van der Waals surface area contributed by atoms with Gasteiger partial charge in [0.2, 0.25) is 17.7 Å². The molecule has 3 aliphatic rings. The fraction of sp³-hybridized carbons (Fsp3) is 0.682. The molecular weight excluding hydrogens is 370 g/mol. The Hall–Kier alpha value is -2.31. The van der Waals surface area contributed by atoms with Crippen molar-refractivity contribution >= 4 is 17.7 Å². The summed E-state index contributed by atoms with van der Waals surface area (Å²) in [5, 5.41) is 6.04. The summed E-state index contributed by atoms with van der Waals surface area (Å²) in [5.74, 6) is 0.347. The van der Waals surface area contributed by atoms with Gasteiger partial charge in [-0.3, -0.25) is 14.4 Å². The SMILES string of the molecule is O=C1CC[C@@H](C(=O)N(Cc2ccco2)C2(C(=O)NC3CCCC3)CCCCC2)N1. The van der Waals surface area contributed by atoms with Crippen molar-refractivity contribution in [1.29, 1.82) is 0 Å². The summed E-state index contributed by atoms with van der Waals surface area (Å²) in [6.45, 7) is 0.246. The van der Waals surface area contributed by atoms with Crippen LogP contribution in [0.2, 0.25) is 0 Å². The molecule has 7 heteroatoms. The van der Waals surface area contributed by atoms with Crippen LogP contribution in [0.5, 0.6) is 0 Å². The van der Waals surface area contributed by atoms with Gasteiger partial charge in [-0.05, 0) is 44.2 Å². The van der Waals surface area contributed by atoms with Crippen LogP contribution in [-0.2, 0) is 20.9 Å². The zero-order valence-corrected chi connectivity index (χ0v) is 17.0. The third-order valence-corrected chi connectivity index (χ3v) is 6.76. The molecule has 0 radical (unpaired) electrons. The van der Waals surface area contributed by atoms with E-state index in [1.807, 2.05) is 6.07 Å². The highest BCUT2D eigenvalue weighted by atomic mass is 16.3. The second kappa shape index (κ2) is 8.59. The summed E-state index contributed by atoms with van der Waals surface area (Å²) >= 11 is 0. The van der Waals surface area contributed by atoms with Crippen LogP contribution in [0.1, 0.15) is 76.4 Å². The number of nitrogens with zero attached hydrogens (tertiary/aromatic N) is 1. The average Bonchev–Trinajstić information content (AvgIpc) is 3.49. The zero-order valence-electron chi connectivity index (χ0n) is 17.0. The number of carbonyl (C=O) groups excluding carboxylic acids is 3. The van der Waals surface area contributed by atoms with E-state index in [1.54, 1.807) is 17.2 Å². The fourth-order valence-corrected chi connectivity index (χ4v) is 5.13. The molecule has 0 spiro atoms. The average molecular weight is 402 g/mol. The van der Waals surface area contributed by atoms with E-state index in [0.29, 0.717) is 31.4 Å². The third kappa shape index (κ3) is 4.19. The van der Waals surface area contributed by atoms with Gasteiger partial charge < -0.3 is 20.0 Å². The molecule has 0 aromatic carbocycles. The second-order valence-corrected chi connectivity index (χ2v) is 8.71. The molecule has 158 valence electrons. The summed E-state index contributed by atoms with van der Waals surface area (Å²) in [6, 6.07) is 3.27. The molecule has 2 aliphatic carbocycles. The van der Waals surface area contributed by atoms with Crippen LogP contribution in [0.3, 0.4) is 0 Å². The topological polar surface area (TPSA) is 91.7 Å². The van der Waals surface area contributed by atoms with Crippen LogP contribution in [0.4, 0.5) is 0 Å². The standard InChI is InChI=1S/C22H31N3O4/c26-19-11-10-18(24-19)20(27)25(15-17-9-6-14-29-17)22(12-4-1-5-13-22)21(28)23-16-7-2-3-8-16/h6,9,14,16,18H,1-5,7-8,10-13,15H2,(H,23,28)(H,24,26)/t18-/m0/s1. The van der Waals surface area contributed by atoms with Gasteiger partial charge in [-0.2, -0.15) is 0 Å². The highest BCUT2D eigenvalue weighted by Gasteiger charge is 2.49. The first-order chi connectivity index (χ1) is 14.1. The van der Waals surface area contributed by atoms with Gasteiger partial charge >= 0.3 is 0 Å². The van der Waals surface area contributed by atoms with Crippen LogP contribution in [0, 0.1) is 0 Å². The molecule has 1 aliphatic heterocycles. The number of hydrogen-bond acceptors (Lipinski definition) is 4. The van der Waals surface area contributed by atoms with Crippen molar-refractivity contribution in [3.63, 3.8) is 0 Å². The first-order valence-corrected chi connectivity index (χ1v) is 11.0. The van der Waals surface area contributed by atoms with Gasteiger partial charge in [0.05, 0.1) is 12.8 Å². The number of rotatable bonds is 6. The van der Waals surface area contributed by atoms with Crippen LogP contribution >= 0.6 is 0 Å². The van der Waals surface area contributed by atoms with E-state index < -0.39 is 11.6 Å². The molecule has 0 bridgehead atoms. The molecule has 1 aromatic heterocycles. The van der Waals surface area contributed by atoms with Crippen molar-refractivity contribution in [3.05, 3.63) is 24.2 Å². The maximum atomic E-state index is 13.6. The van der Waals surface area contributed by atoms with Gasteiger partial charge in [0, 0.05) is 12.5 Å². The molecule has 2 heterocycles. The lowest BCUT2D eigenvalue weighted by atomic mass is 9.78. The molecule has 3 amide bonds. The first-order valence-electron chi connectivity index (χ1n) is 11.0.